The molecule has 7 heteroatoms. The number of nitrogens with one attached hydrogen (secondary N) is 1. The summed E-state index contributed by atoms with van der Waals surface area (Å²) in [6, 6.07) is 7.23. The quantitative estimate of drug-likeness (QED) is 0.708. The molecule has 0 aliphatic carbocycles. The highest BCUT2D eigenvalue weighted by molar-refractivity contribution is 9.10. The van der Waals surface area contributed by atoms with Gasteiger partial charge in [0.2, 0.25) is 0 Å². The number of hydrogen-bond acceptors (Lipinski definition) is 5. The van der Waals surface area contributed by atoms with Crippen molar-refractivity contribution >= 4 is 44.1 Å². The summed E-state index contributed by atoms with van der Waals surface area (Å²) < 4.78 is 5.97. The Bertz CT molecular complexity index is 834. The number of thiophene rings is 1. The number of halogens is 1. The third-order valence-electron chi connectivity index (χ3n) is 4.41. The molecular formula is C19H21BrN2O3S. The number of anilines is 1. The van der Waals surface area contributed by atoms with Gasteiger partial charge in [-0.2, -0.15) is 0 Å². The molecule has 1 aliphatic rings. The molecule has 0 fully saturated rings. The SMILES string of the molecule is CCOC(=O)c1c(NC(=O)c2ccccc2Br)sc2c1CCN(CC)C2. The maximum atomic E-state index is 12.7. The maximum Gasteiger partial charge on any atom is 0.341 e. The minimum absolute atomic E-state index is 0.242. The molecule has 2 heterocycles. The van der Waals surface area contributed by atoms with Crippen LogP contribution in [0, 0.1) is 0 Å². The van der Waals surface area contributed by atoms with Gasteiger partial charge in [-0.25, -0.2) is 4.79 Å². The Morgan fingerprint density at radius 3 is 2.77 bits per heavy atom. The van der Waals surface area contributed by atoms with Crippen LogP contribution in [0.2, 0.25) is 0 Å². The third kappa shape index (κ3) is 3.84. The first-order valence-corrected chi connectivity index (χ1v) is 10.3. The number of rotatable bonds is 5. The zero-order valence-electron chi connectivity index (χ0n) is 14.8. The second-order valence-corrected chi connectivity index (χ2v) is 7.94. The van der Waals surface area contributed by atoms with Gasteiger partial charge < -0.3 is 10.1 Å². The van der Waals surface area contributed by atoms with Crippen LogP contribution in [0.5, 0.6) is 0 Å². The zero-order valence-corrected chi connectivity index (χ0v) is 17.2. The minimum Gasteiger partial charge on any atom is -0.462 e. The van der Waals surface area contributed by atoms with E-state index in [1.54, 1.807) is 13.0 Å². The fourth-order valence-corrected chi connectivity index (χ4v) is 4.79. The van der Waals surface area contributed by atoms with Crippen LogP contribution < -0.4 is 5.32 Å². The van der Waals surface area contributed by atoms with E-state index >= 15 is 0 Å². The normalized spacial score (nSPS) is 14.0. The van der Waals surface area contributed by atoms with E-state index < -0.39 is 0 Å². The predicted octanol–water partition coefficient (Wildman–Crippen LogP) is 4.32. The molecule has 0 spiro atoms. The number of hydrogen-bond donors (Lipinski definition) is 1. The summed E-state index contributed by atoms with van der Waals surface area (Å²) in [5, 5.41) is 3.50. The molecule has 0 atom stereocenters. The van der Waals surface area contributed by atoms with Crippen molar-refractivity contribution in [3.05, 3.63) is 50.3 Å². The van der Waals surface area contributed by atoms with Crippen LogP contribution in [0.4, 0.5) is 5.00 Å². The summed E-state index contributed by atoms with van der Waals surface area (Å²) >= 11 is 4.88. The van der Waals surface area contributed by atoms with Crippen LogP contribution in [0.25, 0.3) is 0 Å². The van der Waals surface area contributed by atoms with Gasteiger partial charge in [0.1, 0.15) is 5.00 Å². The van der Waals surface area contributed by atoms with Gasteiger partial charge in [-0.3, -0.25) is 9.69 Å². The van der Waals surface area contributed by atoms with Crippen molar-refractivity contribution in [1.82, 2.24) is 4.90 Å². The van der Waals surface area contributed by atoms with E-state index in [-0.39, 0.29) is 11.9 Å². The van der Waals surface area contributed by atoms with Crippen LogP contribution >= 0.6 is 27.3 Å². The lowest BCUT2D eigenvalue weighted by Gasteiger charge is -2.25. The van der Waals surface area contributed by atoms with E-state index in [0.29, 0.717) is 27.2 Å². The van der Waals surface area contributed by atoms with Crippen molar-refractivity contribution in [3.8, 4) is 0 Å². The van der Waals surface area contributed by atoms with Crippen molar-refractivity contribution in [2.24, 2.45) is 0 Å². The number of ether oxygens (including phenoxy) is 1. The van der Waals surface area contributed by atoms with Crippen LogP contribution in [-0.2, 0) is 17.7 Å². The number of carbonyl (C=O) groups excluding carboxylic acids is 2. The first-order chi connectivity index (χ1) is 12.5. The molecule has 0 radical (unpaired) electrons. The Hall–Kier alpha value is -1.70. The van der Waals surface area contributed by atoms with Crippen molar-refractivity contribution < 1.29 is 14.3 Å². The van der Waals surface area contributed by atoms with Gasteiger partial charge in [0.15, 0.2) is 0 Å². The number of esters is 1. The standard InChI is InChI=1S/C19H21BrN2O3S/c1-3-22-10-9-13-15(11-22)26-18(16(13)19(24)25-4-2)21-17(23)12-7-5-6-8-14(12)20/h5-8H,3-4,9-11H2,1-2H3,(H,21,23). The summed E-state index contributed by atoms with van der Waals surface area (Å²) in [7, 11) is 0. The molecule has 1 N–H and O–H groups in total. The van der Waals surface area contributed by atoms with Gasteiger partial charge in [0, 0.05) is 22.4 Å². The second-order valence-electron chi connectivity index (χ2n) is 5.98. The molecule has 138 valence electrons. The van der Waals surface area contributed by atoms with E-state index in [1.807, 2.05) is 18.2 Å². The Kier molecular flexibility index (Phi) is 6.11. The highest BCUT2D eigenvalue weighted by atomic mass is 79.9. The first-order valence-electron chi connectivity index (χ1n) is 8.65. The van der Waals surface area contributed by atoms with E-state index in [0.717, 1.165) is 36.5 Å². The van der Waals surface area contributed by atoms with Crippen LogP contribution in [0.15, 0.2) is 28.7 Å². The molecule has 3 rings (SSSR count). The number of benzene rings is 1. The Balaban J connectivity index is 1.95. The fourth-order valence-electron chi connectivity index (χ4n) is 3.05. The Morgan fingerprint density at radius 1 is 1.31 bits per heavy atom. The lowest BCUT2D eigenvalue weighted by Crippen LogP contribution is -2.30. The van der Waals surface area contributed by atoms with Crippen molar-refractivity contribution in [1.29, 1.82) is 0 Å². The van der Waals surface area contributed by atoms with E-state index in [1.165, 1.54) is 11.3 Å². The van der Waals surface area contributed by atoms with E-state index in [4.69, 9.17) is 4.74 Å². The van der Waals surface area contributed by atoms with Gasteiger partial charge in [-0.05, 0) is 53.5 Å². The first kappa shape index (κ1) is 19.1. The zero-order chi connectivity index (χ0) is 18.7. The number of carbonyl (C=O) groups is 2. The van der Waals surface area contributed by atoms with Gasteiger partial charge in [-0.15, -0.1) is 11.3 Å². The number of likely N-dealkylation sites (N-methyl/N-ethyl adjacent to an activating group) is 1. The van der Waals surface area contributed by atoms with Crippen molar-refractivity contribution in [2.45, 2.75) is 26.8 Å². The highest BCUT2D eigenvalue weighted by Gasteiger charge is 2.29. The summed E-state index contributed by atoms with van der Waals surface area (Å²) in [5.41, 5.74) is 2.06. The molecule has 0 saturated carbocycles. The second kappa shape index (κ2) is 8.33. The van der Waals surface area contributed by atoms with Crippen LogP contribution in [0.3, 0.4) is 0 Å². The van der Waals surface area contributed by atoms with Crippen LogP contribution in [-0.4, -0.2) is 36.5 Å². The van der Waals surface area contributed by atoms with Crippen LogP contribution in [0.1, 0.15) is 45.0 Å². The van der Waals surface area contributed by atoms with E-state index in [2.05, 4.69) is 33.1 Å². The molecule has 1 amide bonds. The molecule has 1 aromatic heterocycles. The molecule has 26 heavy (non-hydrogen) atoms. The molecule has 0 unspecified atom stereocenters. The molecular weight excluding hydrogens is 416 g/mol. The van der Waals surface area contributed by atoms with Crippen molar-refractivity contribution in [3.63, 3.8) is 0 Å². The third-order valence-corrected chi connectivity index (χ3v) is 6.23. The number of amides is 1. The number of fused-ring (bicyclic) bond motifs is 1. The summed E-state index contributed by atoms with van der Waals surface area (Å²) in [4.78, 5) is 28.7. The van der Waals surface area contributed by atoms with Gasteiger partial charge in [-0.1, -0.05) is 19.1 Å². The smallest absolute Gasteiger partial charge is 0.341 e. The van der Waals surface area contributed by atoms with Gasteiger partial charge >= 0.3 is 5.97 Å². The van der Waals surface area contributed by atoms with Gasteiger partial charge in [0.25, 0.3) is 5.91 Å². The summed E-state index contributed by atoms with van der Waals surface area (Å²) in [6.07, 6.45) is 0.790. The maximum absolute atomic E-state index is 12.7. The predicted molar refractivity (Wildman–Crippen MR) is 107 cm³/mol. The van der Waals surface area contributed by atoms with Crippen molar-refractivity contribution in [2.75, 3.05) is 25.0 Å². The lowest BCUT2D eigenvalue weighted by molar-refractivity contribution is 0.0526. The highest BCUT2D eigenvalue weighted by Crippen LogP contribution is 2.38. The molecule has 1 aliphatic heterocycles. The van der Waals surface area contributed by atoms with Gasteiger partial charge in [0.05, 0.1) is 17.7 Å². The van der Waals surface area contributed by atoms with E-state index in [9.17, 15) is 9.59 Å². The average Bonchev–Trinajstić information content (AvgIpc) is 2.98. The molecule has 2 aromatic rings. The topological polar surface area (TPSA) is 58.6 Å². The molecule has 0 saturated heterocycles. The Morgan fingerprint density at radius 2 is 2.08 bits per heavy atom. The fraction of sp³-hybridized carbons (Fsp3) is 0.368. The largest absolute Gasteiger partial charge is 0.462 e. The number of nitrogens with zero attached hydrogens (tertiary/aromatic N) is 1. The summed E-state index contributed by atoms with van der Waals surface area (Å²) in [5.74, 6) is -0.605. The minimum atomic E-state index is -0.364. The Labute approximate surface area is 165 Å². The lowest BCUT2D eigenvalue weighted by atomic mass is 10.0. The summed E-state index contributed by atoms with van der Waals surface area (Å²) in [6.45, 7) is 6.89. The monoisotopic (exact) mass is 436 g/mol. The molecule has 1 aromatic carbocycles. The average molecular weight is 437 g/mol. The molecule has 0 bridgehead atoms. The molecule has 5 nitrogen and oxygen atoms in total.